The van der Waals surface area contributed by atoms with Crippen LogP contribution in [0.1, 0.15) is 13.8 Å². The Hall–Kier alpha value is -1.31. The van der Waals surface area contributed by atoms with E-state index in [1.807, 2.05) is 18.7 Å². The molecule has 1 aliphatic rings. The first-order chi connectivity index (χ1) is 8.77. The van der Waals surface area contributed by atoms with E-state index in [-0.39, 0.29) is 17.1 Å². The zero-order valence-electron chi connectivity index (χ0n) is 11.0. The summed E-state index contributed by atoms with van der Waals surface area (Å²) in [4.78, 5) is 2.10. The summed E-state index contributed by atoms with van der Waals surface area (Å²) in [6, 6.07) is 4.51. The van der Waals surface area contributed by atoms with Crippen LogP contribution in [0.5, 0.6) is 0 Å². The van der Waals surface area contributed by atoms with Crippen molar-refractivity contribution in [1.29, 1.82) is 0 Å². The van der Waals surface area contributed by atoms with Gasteiger partial charge in [0.2, 0.25) is 10.0 Å². The summed E-state index contributed by atoms with van der Waals surface area (Å²) in [5.74, 6) is 0. The lowest BCUT2D eigenvalue weighted by atomic mass is 10.2. The summed E-state index contributed by atoms with van der Waals surface area (Å²) in [7, 11) is -3.72. The lowest BCUT2D eigenvalue weighted by Crippen LogP contribution is -2.45. The summed E-state index contributed by atoms with van der Waals surface area (Å²) in [6.07, 6.45) is 0.141. The first-order valence-corrected chi connectivity index (χ1v) is 7.64. The van der Waals surface area contributed by atoms with Crippen LogP contribution in [0.25, 0.3) is 0 Å². The van der Waals surface area contributed by atoms with E-state index >= 15 is 0 Å². The number of benzene rings is 1. The maximum absolute atomic E-state index is 11.4. The van der Waals surface area contributed by atoms with Gasteiger partial charge < -0.3 is 15.4 Å². The monoisotopic (exact) mass is 285 g/mol. The second-order valence-corrected chi connectivity index (χ2v) is 6.49. The number of sulfonamides is 1. The zero-order valence-corrected chi connectivity index (χ0v) is 11.9. The molecule has 0 spiro atoms. The third-order valence-corrected chi connectivity index (χ3v) is 4.00. The first-order valence-electron chi connectivity index (χ1n) is 6.10. The summed E-state index contributed by atoms with van der Waals surface area (Å²) in [5.41, 5.74) is 7.16. The van der Waals surface area contributed by atoms with Crippen LogP contribution in [0, 0.1) is 0 Å². The predicted molar refractivity (Wildman–Crippen MR) is 74.4 cm³/mol. The van der Waals surface area contributed by atoms with Crippen molar-refractivity contribution < 1.29 is 13.2 Å². The lowest BCUT2D eigenvalue weighted by molar-refractivity contribution is -0.00518. The normalized spacial score (nSPS) is 24.5. The van der Waals surface area contributed by atoms with Gasteiger partial charge in [-0.05, 0) is 32.0 Å². The van der Waals surface area contributed by atoms with Gasteiger partial charge in [0.25, 0.3) is 0 Å². The molecular weight excluding hydrogens is 266 g/mol. The van der Waals surface area contributed by atoms with Crippen LogP contribution in [0.4, 0.5) is 11.4 Å². The molecule has 0 radical (unpaired) electrons. The molecule has 6 nitrogen and oxygen atoms in total. The fourth-order valence-corrected chi connectivity index (χ4v) is 2.88. The molecule has 1 fully saturated rings. The van der Waals surface area contributed by atoms with Gasteiger partial charge in [-0.2, -0.15) is 0 Å². The number of ether oxygens (including phenoxy) is 1. The molecule has 1 saturated heterocycles. The Morgan fingerprint density at radius 2 is 1.84 bits per heavy atom. The van der Waals surface area contributed by atoms with Crippen molar-refractivity contribution in [3.05, 3.63) is 18.2 Å². The quantitative estimate of drug-likeness (QED) is 0.772. The van der Waals surface area contributed by atoms with Gasteiger partial charge in [-0.1, -0.05) is 0 Å². The van der Waals surface area contributed by atoms with E-state index in [0.29, 0.717) is 24.5 Å². The molecule has 1 aromatic carbocycles. The minimum atomic E-state index is -3.72. The second kappa shape index (κ2) is 4.99. The fraction of sp³-hybridized carbons (Fsp3) is 0.500. The first kappa shape index (κ1) is 14.1. The van der Waals surface area contributed by atoms with Crippen LogP contribution in [0.2, 0.25) is 0 Å². The van der Waals surface area contributed by atoms with Gasteiger partial charge in [0.1, 0.15) is 0 Å². The Morgan fingerprint density at radius 3 is 2.37 bits per heavy atom. The molecule has 0 aliphatic carbocycles. The smallest absolute Gasteiger partial charge is 0.238 e. The largest absolute Gasteiger partial charge is 0.397 e. The highest BCUT2D eigenvalue weighted by Gasteiger charge is 2.24. The average Bonchev–Trinajstić information content (AvgIpc) is 2.26. The van der Waals surface area contributed by atoms with Crippen LogP contribution in [-0.2, 0) is 14.8 Å². The highest BCUT2D eigenvalue weighted by molar-refractivity contribution is 7.89. The number of nitrogens with zero attached hydrogens (tertiary/aromatic N) is 1. The minimum absolute atomic E-state index is 0.0706. The van der Waals surface area contributed by atoms with Gasteiger partial charge in [-0.25, -0.2) is 13.6 Å². The molecule has 19 heavy (non-hydrogen) atoms. The number of primary sulfonamides is 1. The highest BCUT2D eigenvalue weighted by Crippen LogP contribution is 2.28. The predicted octanol–water partition coefficient (Wildman–Crippen LogP) is 0.530. The number of morpholine rings is 1. The van der Waals surface area contributed by atoms with Crippen LogP contribution >= 0.6 is 0 Å². The molecule has 0 unspecified atom stereocenters. The molecule has 106 valence electrons. The van der Waals surface area contributed by atoms with E-state index in [4.69, 9.17) is 15.6 Å². The van der Waals surface area contributed by atoms with Gasteiger partial charge in [-0.3, -0.25) is 0 Å². The minimum Gasteiger partial charge on any atom is -0.397 e. The Morgan fingerprint density at radius 1 is 1.26 bits per heavy atom. The van der Waals surface area contributed by atoms with Crippen molar-refractivity contribution in [3.63, 3.8) is 0 Å². The van der Waals surface area contributed by atoms with Crippen LogP contribution in [-0.4, -0.2) is 33.7 Å². The number of anilines is 2. The maximum atomic E-state index is 11.4. The van der Waals surface area contributed by atoms with E-state index in [1.165, 1.54) is 12.1 Å². The van der Waals surface area contributed by atoms with Crippen LogP contribution < -0.4 is 15.8 Å². The van der Waals surface area contributed by atoms with Crippen LogP contribution in [0.3, 0.4) is 0 Å². The fourth-order valence-electron chi connectivity index (χ4n) is 2.35. The molecule has 0 aromatic heterocycles. The van der Waals surface area contributed by atoms with Crippen molar-refractivity contribution in [2.45, 2.75) is 31.0 Å². The van der Waals surface area contributed by atoms with Gasteiger partial charge >= 0.3 is 0 Å². The zero-order chi connectivity index (χ0) is 14.2. The summed E-state index contributed by atoms with van der Waals surface area (Å²) < 4.78 is 28.5. The Bertz CT molecular complexity index is 564. The van der Waals surface area contributed by atoms with Gasteiger partial charge in [0.15, 0.2) is 0 Å². The lowest BCUT2D eigenvalue weighted by Gasteiger charge is -2.37. The Kier molecular flexibility index (Phi) is 3.71. The average molecular weight is 285 g/mol. The molecule has 2 atom stereocenters. The summed E-state index contributed by atoms with van der Waals surface area (Å²) in [6.45, 7) is 5.29. The molecule has 1 aliphatic heterocycles. The van der Waals surface area contributed by atoms with E-state index < -0.39 is 10.0 Å². The van der Waals surface area contributed by atoms with Crippen molar-refractivity contribution >= 4 is 21.4 Å². The van der Waals surface area contributed by atoms with Crippen molar-refractivity contribution in [2.75, 3.05) is 23.7 Å². The molecule has 2 rings (SSSR count). The van der Waals surface area contributed by atoms with Crippen molar-refractivity contribution in [2.24, 2.45) is 5.14 Å². The third-order valence-electron chi connectivity index (χ3n) is 3.09. The number of hydrogen-bond acceptors (Lipinski definition) is 5. The number of nitrogens with two attached hydrogens (primary N) is 2. The van der Waals surface area contributed by atoms with Crippen LogP contribution in [0.15, 0.2) is 23.1 Å². The van der Waals surface area contributed by atoms with E-state index in [9.17, 15) is 8.42 Å². The van der Waals surface area contributed by atoms with Gasteiger partial charge in [-0.15, -0.1) is 0 Å². The number of hydrogen-bond donors (Lipinski definition) is 2. The van der Waals surface area contributed by atoms with E-state index in [2.05, 4.69) is 0 Å². The molecule has 7 heteroatoms. The Balaban J connectivity index is 2.38. The molecule has 0 saturated carbocycles. The Labute approximate surface area is 113 Å². The molecule has 4 N–H and O–H groups in total. The van der Waals surface area contributed by atoms with E-state index in [1.54, 1.807) is 6.07 Å². The second-order valence-electron chi connectivity index (χ2n) is 4.93. The van der Waals surface area contributed by atoms with Gasteiger partial charge in [0.05, 0.1) is 28.5 Å². The third kappa shape index (κ3) is 3.17. The molecule has 1 aromatic rings. The van der Waals surface area contributed by atoms with Gasteiger partial charge in [0, 0.05) is 13.1 Å². The SMILES string of the molecule is C[C@@H]1CN(c2cc(S(N)(=O)=O)ccc2N)C[C@H](C)O1. The number of rotatable bonds is 2. The molecule has 0 amide bonds. The highest BCUT2D eigenvalue weighted by atomic mass is 32.2. The summed E-state index contributed by atoms with van der Waals surface area (Å²) >= 11 is 0. The van der Waals surface area contributed by atoms with Crippen molar-refractivity contribution in [3.8, 4) is 0 Å². The van der Waals surface area contributed by atoms with E-state index in [0.717, 1.165) is 0 Å². The molecule has 0 bridgehead atoms. The summed E-state index contributed by atoms with van der Waals surface area (Å²) in [5, 5.41) is 5.15. The molecule has 1 heterocycles. The standard InChI is InChI=1S/C12H19N3O3S/c1-8-6-15(7-9(2)18-8)12-5-10(19(14,16)17)3-4-11(12)13/h3-5,8-9H,6-7,13H2,1-2H3,(H2,14,16,17)/t8-,9+. The van der Waals surface area contributed by atoms with Crippen molar-refractivity contribution in [1.82, 2.24) is 0 Å². The molecular formula is C12H19N3O3S. The topological polar surface area (TPSA) is 98.7 Å². The number of nitrogen functional groups attached to an aromatic ring is 1. The maximum Gasteiger partial charge on any atom is 0.238 e.